The Labute approximate surface area is 186 Å². The predicted molar refractivity (Wildman–Crippen MR) is 122 cm³/mol. The van der Waals surface area contributed by atoms with Gasteiger partial charge in [0, 0.05) is 31.8 Å². The average molecular weight is 429 g/mol. The summed E-state index contributed by atoms with van der Waals surface area (Å²) >= 11 is 0. The number of hydrogen-bond donors (Lipinski definition) is 2. The van der Waals surface area contributed by atoms with Gasteiger partial charge in [-0.25, -0.2) is 0 Å². The van der Waals surface area contributed by atoms with Crippen molar-refractivity contribution < 1.29 is 19.2 Å². The van der Waals surface area contributed by atoms with Crippen LogP contribution in [0.2, 0.25) is 0 Å². The molecule has 0 spiro atoms. The van der Waals surface area contributed by atoms with Gasteiger partial charge in [-0.2, -0.15) is 0 Å². The molecule has 3 amide bonds. The highest BCUT2D eigenvalue weighted by Crippen LogP contribution is 2.18. The molecule has 7 heteroatoms. The van der Waals surface area contributed by atoms with E-state index in [1.54, 1.807) is 48.3 Å². The molecule has 0 aliphatic rings. The minimum absolute atomic E-state index is 0.0787. The highest BCUT2D eigenvalue weighted by atomic mass is 16.2. The van der Waals surface area contributed by atoms with Crippen LogP contribution in [0, 0.1) is 0 Å². The van der Waals surface area contributed by atoms with Crippen LogP contribution < -0.4 is 10.6 Å². The molecule has 162 valence electrons. The number of benzene rings is 3. The zero-order chi connectivity index (χ0) is 23.1. The van der Waals surface area contributed by atoms with Gasteiger partial charge in [-0.1, -0.05) is 48.5 Å². The maximum atomic E-state index is 12.8. The van der Waals surface area contributed by atoms with Gasteiger partial charge in [-0.15, -0.1) is 0 Å². The van der Waals surface area contributed by atoms with Gasteiger partial charge in [0.2, 0.25) is 5.91 Å². The Balaban J connectivity index is 1.72. The van der Waals surface area contributed by atoms with E-state index in [-0.39, 0.29) is 23.1 Å². The summed E-state index contributed by atoms with van der Waals surface area (Å²) in [5, 5.41) is 5.07. The highest BCUT2D eigenvalue weighted by Gasteiger charge is 2.21. The summed E-state index contributed by atoms with van der Waals surface area (Å²) in [4.78, 5) is 50.9. The third-order valence-corrected chi connectivity index (χ3v) is 4.67. The smallest absolute Gasteiger partial charge is 0.296 e. The van der Waals surface area contributed by atoms with Crippen molar-refractivity contribution in [3.05, 3.63) is 95.6 Å². The number of nitrogens with one attached hydrogen (secondary N) is 2. The predicted octanol–water partition coefficient (Wildman–Crippen LogP) is 3.74. The second-order valence-electron chi connectivity index (χ2n) is 7.24. The van der Waals surface area contributed by atoms with Crippen molar-refractivity contribution in [1.29, 1.82) is 0 Å². The molecule has 3 rings (SSSR count). The first-order valence-corrected chi connectivity index (χ1v) is 9.97. The normalized spacial score (nSPS) is 10.2. The van der Waals surface area contributed by atoms with Crippen molar-refractivity contribution in [1.82, 2.24) is 4.90 Å². The van der Waals surface area contributed by atoms with Crippen molar-refractivity contribution in [2.24, 2.45) is 0 Å². The van der Waals surface area contributed by atoms with E-state index >= 15 is 0 Å². The summed E-state index contributed by atoms with van der Waals surface area (Å²) in [5.74, 6) is -2.24. The van der Waals surface area contributed by atoms with E-state index in [4.69, 9.17) is 0 Å². The molecular weight excluding hydrogens is 406 g/mol. The van der Waals surface area contributed by atoms with Gasteiger partial charge >= 0.3 is 0 Å². The van der Waals surface area contributed by atoms with Crippen LogP contribution in [0.4, 0.5) is 11.4 Å². The number of ketones is 1. The van der Waals surface area contributed by atoms with Gasteiger partial charge in [0.1, 0.15) is 0 Å². The lowest BCUT2D eigenvalue weighted by Gasteiger charge is -2.18. The number of Topliss-reactive ketones (excluding diaryl/α,β-unsaturated/α-hetero) is 1. The molecule has 0 radical (unpaired) electrons. The average Bonchev–Trinajstić information content (AvgIpc) is 2.79. The van der Waals surface area contributed by atoms with Gasteiger partial charge < -0.3 is 15.5 Å². The molecule has 0 aliphatic carbocycles. The van der Waals surface area contributed by atoms with Crippen molar-refractivity contribution in [2.75, 3.05) is 17.7 Å². The van der Waals surface area contributed by atoms with Crippen molar-refractivity contribution in [3.63, 3.8) is 0 Å². The Morgan fingerprint density at radius 1 is 0.812 bits per heavy atom. The quantitative estimate of drug-likeness (QED) is 0.442. The number of rotatable bonds is 7. The van der Waals surface area contributed by atoms with E-state index in [0.29, 0.717) is 17.8 Å². The summed E-state index contributed by atoms with van der Waals surface area (Å²) in [6.45, 7) is 1.76. The van der Waals surface area contributed by atoms with Gasteiger partial charge in [0.15, 0.2) is 0 Å². The van der Waals surface area contributed by atoms with Gasteiger partial charge in [-0.05, 0) is 35.9 Å². The van der Waals surface area contributed by atoms with Crippen LogP contribution in [0.1, 0.15) is 33.2 Å². The zero-order valence-electron chi connectivity index (χ0n) is 17.8. The number of amides is 3. The van der Waals surface area contributed by atoms with E-state index in [9.17, 15) is 19.2 Å². The number of hydrogen-bond acceptors (Lipinski definition) is 4. The Morgan fingerprint density at radius 3 is 2.22 bits per heavy atom. The third-order valence-electron chi connectivity index (χ3n) is 4.67. The molecule has 7 nitrogen and oxygen atoms in total. The molecule has 0 saturated carbocycles. The molecule has 0 unspecified atom stereocenters. The molecule has 3 aromatic carbocycles. The SMILES string of the molecule is CC(=O)Nc1ccccc1C(=O)C(=O)Nc1cccc(C(=O)N(C)Cc2ccccc2)c1. The van der Waals surface area contributed by atoms with Gasteiger partial charge in [-0.3, -0.25) is 19.2 Å². The molecule has 0 aliphatic heterocycles. The molecule has 32 heavy (non-hydrogen) atoms. The third kappa shape index (κ3) is 5.66. The van der Waals surface area contributed by atoms with Crippen LogP contribution in [0.15, 0.2) is 78.9 Å². The molecular formula is C25H23N3O4. The molecule has 2 N–H and O–H groups in total. The minimum Gasteiger partial charge on any atom is -0.337 e. The van der Waals surface area contributed by atoms with Crippen LogP contribution in [0.5, 0.6) is 0 Å². The van der Waals surface area contributed by atoms with E-state index in [2.05, 4.69) is 10.6 Å². The Kier molecular flexibility index (Phi) is 7.13. The van der Waals surface area contributed by atoms with Crippen molar-refractivity contribution >= 4 is 34.9 Å². The molecule has 0 fully saturated rings. The number of anilines is 2. The van der Waals surface area contributed by atoms with Crippen molar-refractivity contribution in [2.45, 2.75) is 13.5 Å². The number of nitrogens with zero attached hydrogens (tertiary/aromatic N) is 1. The Hall–Kier alpha value is -4.26. The van der Waals surface area contributed by atoms with E-state index in [1.807, 2.05) is 30.3 Å². The van der Waals surface area contributed by atoms with Crippen LogP contribution in [0.3, 0.4) is 0 Å². The lowest BCUT2D eigenvalue weighted by atomic mass is 10.1. The summed E-state index contributed by atoms with van der Waals surface area (Å²) in [7, 11) is 1.70. The number of carbonyl (C=O) groups excluding carboxylic acids is 4. The molecule has 0 aromatic heterocycles. The first-order chi connectivity index (χ1) is 15.3. The van der Waals surface area contributed by atoms with Crippen LogP contribution in [-0.4, -0.2) is 35.5 Å². The topological polar surface area (TPSA) is 95.6 Å². The summed E-state index contributed by atoms with van der Waals surface area (Å²) in [6.07, 6.45) is 0. The fraction of sp³-hybridized carbons (Fsp3) is 0.120. The number of para-hydroxylation sites is 1. The fourth-order valence-corrected chi connectivity index (χ4v) is 3.17. The van der Waals surface area contributed by atoms with E-state index in [1.165, 1.54) is 19.1 Å². The largest absolute Gasteiger partial charge is 0.337 e. The van der Waals surface area contributed by atoms with Gasteiger partial charge in [0.05, 0.1) is 11.3 Å². The van der Waals surface area contributed by atoms with Crippen LogP contribution >= 0.6 is 0 Å². The number of carbonyl (C=O) groups is 4. The molecule has 0 saturated heterocycles. The van der Waals surface area contributed by atoms with Crippen LogP contribution in [-0.2, 0) is 16.1 Å². The first-order valence-electron chi connectivity index (χ1n) is 9.97. The zero-order valence-corrected chi connectivity index (χ0v) is 17.8. The van der Waals surface area contributed by atoms with Gasteiger partial charge in [0.25, 0.3) is 17.6 Å². The second kappa shape index (κ2) is 10.2. The monoisotopic (exact) mass is 429 g/mol. The van der Waals surface area contributed by atoms with Crippen LogP contribution in [0.25, 0.3) is 0 Å². The minimum atomic E-state index is -0.870. The maximum Gasteiger partial charge on any atom is 0.296 e. The molecule has 3 aromatic rings. The Morgan fingerprint density at radius 2 is 1.50 bits per heavy atom. The second-order valence-corrected chi connectivity index (χ2v) is 7.24. The van der Waals surface area contributed by atoms with E-state index < -0.39 is 11.7 Å². The summed E-state index contributed by atoms with van der Waals surface area (Å²) in [5.41, 5.74) is 2.03. The lowest BCUT2D eigenvalue weighted by molar-refractivity contribution is -0.114. The summed E-state index contributed by atoms with van der Waals surface area (Å²) in [6, 6.07) is 22.3. The highest BCUT2D eigenvalue weighted by molar-refractivity contribution is 6.47. The summed E-state index contributed by atoms with van der Waals surface area (Å²) < 4.78 is 0. The maximum absolute atomic E-state index is 12.8. The van der Waals surface area contributed by atoms with E-state index in [0.717, 1.165) is 5.56 Å². The van der Waals surface area contributed by atoms with Crippen molar-refractivity contribution in [3.8, 4) is 0 Å². The molecule has 0 bridgehead atoms. The fourth-order valence-electron chi connectivity index (χ4n) is 3.17. The molecule has 0 heterocycles. The molecule has 0 atom stereocenters. The lowest BCUT2D eigenvalue weighted by Crippen LogP contribution is -2.27. The first kappa shape index (κ1) is 22.4. The standard InChI is InChI=1S/C25H23N3O4/c1-17(29)26-22-14-7-6-13-21(22)23(30)24(31)27-20-12-8-11-19(15-20)25(32)28(2)16-18-9-4-3-5-10-18/h3-15H,16H2,1-2H3,(H,26,29)(H,27,31). The Bertz CT molecular complexity index is 1160.